The molecule has 0 nitrogen and oxygen atoms in total. The topological polar surface area (TPSA) is 0 Å². The monoisotopic (exact) mass is 123 g/mol. The summed E-state index contributed by atoms with van der Waals surface area (Å²) in [6.07, 6.45) is 11.5. The van der Waals surface area contributed by atoms with E-state index in [-0.39, 0.29) is 0 Å². The number of hydrogen-bond donors (Lipinski definition) is 0. The summed E-state index contributed by atoms with van der Waals surface area (Å²) < 4.78 is 0. The molecule has 1 aliphatic rings. The third-order valence-corrected chi connectivity index (χ3v) is 1.91. The largest absolute Gasteiger partial charge is 0.0698 e. The molecule has 0 aliphatic heterocycles. The number of allylic oxidation sites excluding steroid dienone is 2. The molecule has 1 rings (SSSR count). The molecule has 0 bridgehead atoms. The summed E-state index contributed by atoms with van der Waals surface area (Å²) in [5.41, 5.74) is 1.48. The molecular weight excluding hydrogens is 108 g/mol. The Morgan fingerprint density at radius 1 is 1.11 bits per heavy atom. The highest BCUT2D eigenvalue weighted by atomic mass is 14.0. The van der Waals surface area contributed by atoms with E-state index in [9.17, 15) is 0 Å². The van der Waals surface area contributed by atoms with Crippen LogP contribution in [0.2, 0.25) is 0 Å². The van der Waals surface area contributed by atoms with Crippen LogP contribution in [0.4, 0.5) is 0 Å². The van der Waals surface area contributed by atoms with Crippen molar-refractivity contribution in [1.82, 2.24) is 0 Å². The molecule has 0 fully saturated rings. The Morgan fingerprint density at radius 3 is 2.78 bits per heavy atom. The molecule has 1 aliphatic carbocycles. The lowest BCUT2D eigenvalue weighted by molar-refractivity contribution is 0.619. The van der Waals surface area contributed by atoms with E-state index in [0.717, 1.165) is 0 Å². The molecule has 1 radical (unpaired) electrons. The Balaban J connectivity index is 2.32. The minimum atomic E-state index is 1.20. The van der Waals surface area contributed by atoms with Gasteiger partial charge in [0.25, 0.3) is 0 Å². The molecule has 0 saturated carbocycles. The van der Waals surface area contributed by atoms with Crippen molar-refractivity contribution in [3.05, 3.63) is 11.6 Å². The van der Waals surface area contributed by atoms with Crippen molar-refractivity contribution in [2.24, 2.45) is 0 Å². The smallest absolute Gasteiger partial charge is 0.0277 e. The van der Waals surface area contributed by atoms with Gasteiger partial charge >= 0.3 is 0 Å². The first-order valence-electron chi connectivity index (χ1n) is 3.96. The van der Waals surface area contributed by atoms with Crippen LogP contribution < -0.4 is 0 Å². The summed E-state index contributed by atoms with van der Waals surface area (Å²) in [5.74, 6) is 0. The van der Waals surface area contributed by atoms with E-state index >= 15 is 0 Å². The summed E-state index contributed by atoms with van der Waals surface area (Å²) >= 11 is 0. The van der Waals surface area contributed by atoms with Gasteiger partial charge in [-0.1, -0.05) is 18.4 Å². The molecule has 0 saturated heterocycles. The van der Waals surface area contributed by atoms with Crippen LogP contribution in [0.15, 0.2) is 5.57 Å². The van der Waals surface area contributed by atoms with Gasteiger partial charge in [-0.2, -0.15) is 0 Å². The molecule has 0 heterocycles. The van der Waals surface area contributed by atoms with Gasteiger partial charge in [0.15, 0.2) is 0 Å². The fourth-order valence-electron chi connectivity index (χ4n) is 1.26. The van der Waals surface area contributed by atoms with Crippen molar-refractivity contribution in [3.63, 3.8) is 0 Å². The van der Waals surface area contributed by atoms with E-state index in [1.165, 1.54) is 44.1 Å². The van der Waals surface area contributed by atoms with Gasteiger partial charge < -0.3 is 0 Å². The second kappa shape index (κ2) is 3.71. The first-order chi connectivity index (χ1) is 4.39. The highest BCUT2D eigenvalue weighted by Crippen LogP contribution is 2.14. The summed E-state index contributed by atoms with van der Waals surface area (Å²) in [5, 5.41) is 0. The van der Waals surface area contributed by atoms with Crippen molar-refractivity contribution in [2.75, 3.05) is 0 Å². The van der Waals surface area contributed by atoms with Crippen LogP contribution in [-0.4, -0.2) is 0 Å². The molecule has 51 valence electrons. The highest BCUT2D eigenvalue weighted by molar-refractivity contribution is 4.92. The summed E-state index contributed by atoms with van der Waals surface area (Å²) in [6, 6.07) is 0. The van der Waals surface area contributed by atoms with Crippen LogP contribution in [-0.2, 0) is 0 Å². The highest BCUT2D eigenvalue weighted by Gasteiger charge is 1.96. The molecule has 0 atom stereocenters. The SMILES string of the molecule is C/C1=[C]/CCCCCC1. The van der Waals surface area contributed by atoms with Crippen LogP contribution in [0.5, 0.6) is 0 Å². The lowest BCUT2D eigenvalue weighted by atomic mass is 10.0. The van der Waals surface area contributed by atoms with Gasteiger partial charge in [-0.15, -0.1) is 0 Å². The van der Waals surface area contributed by atoms with E-state index in [0.29, 0.717) is 0 Å². The van der Waals surface area contributed by atoms with Gasteiger partial charge in [-0.3, -0.25) is 0 Å². The van der Waals surface area contributed by atoms with E-state index < -0.39 is 0 Å². The predicted molar refractivity (Wildman–Crippen MR) is 40.1 cm³/mol. The van der Waals surface area contributed by atoms with Gasteiger partial charge in [0.2, 0.25) is 0 Å². The molecule has 9 heavy (non-hydrogen) atoms. The van der Waals surface area contributed by atoms with E-state index in [1.54, 1.807) is 0 Å². The fraction of sp³-hybridized carbons (Fsp3) is 0.778. The average molecular weight is 123 g/mol. The molecule has 0 aromatic heterocycles. The van der Waals surface area contributed by atoms with Gasteiger partial charge in [0.1, 0.15) is 0 Å². The van der Waals surface area contributed by atoms with Crippen LogP contribution in [0.25, 0.3) is 0 Å². The van der Waals surface area contributed by atoms with Gasteiger partial charge in [-0.05, 0) is 38.7 Å². The summed E-state index contributed by atoms with van der Waals surface area (Å²) in [4.78, 5) is 0. The zero-order chi connectivity index (χ0) is 6.53. The normalized spacial score (nSPS) is 27.9. The molecule has 0 amide bonds. The van der Waals surface area contributed by atoms with Crippen LogP contribution >= 0.6 is 0 Å². The standard InChI is InChI=1S/C9H15/c1-9-7-5-3-2-4-6-8-9/h2-7H2,1H3. The maximum atomic E-state index is 3.40. The molecule has 0 spiro atoms. The Bertz CT molecular complexity index is 101. The number of hydrogen-bond acceptors (Lipinski definition) is 0. The zero-order valence-corrected chi connectivity index (χ0v) is 6.24. The van der Waals surface area contributed by atoms with Crippen molar-refractivity contribution in [3.8, 4) is 0 Å². The predicted octanol–water partition coefficient (Wildman–Crippen LogP) is 3.09. The lowest BCUT2D eigenvalue weighted by Crippen LogP contribution is -1.86. The third-order valence-electron chi connectivity index (χ3n) is 1.91. The van der Waals surface area contributed by atoms with E-state index in [4.69, 9.17) is 0 Å². The van der Waals surface area contributed by atoms with E-state index in [1.807, 2.05) is 0 Å². The number of rotatable bonds is 0. The quantitative estimate of drug-likeness (QED) is 0.464. The average Bonchev–Trinajstić information content (AvgIpc) is 1.79. The van der Waals surface area contributed by atoms with Crippen molar-refractivity contribution < 1.29 is 0 Å². The third kappa shape index (κ3) is 2.69. The molecule has 0 N–H and O–H groups in total. The fourth-order valence-corrected chi connectivity index (χ4v) is 1.26. The zero-order valence-electron chi connectivity index (χ0n) is 6.24. The Hall–Kier alpha value is -0.260. The van der Waals surface area contributed by atoms with Crippen molar-refractivity contribution >= 4 is 0 Å². The molecule has 0 aromatic rings. The summed E-state index contributed by atoms with van der Waals surface area (Å²) in [7, 11) is 0. The van der Waals surface area contributed by atoms with Crippen LogP contribution in [0.3, 0.4) is 0 Å². The van der Waals surface area contributed by atoms with E-state index in [2.05, 4.69) is 13.0 Å². The second-order valence-electron chi connectivity index (χ2n) is 2.87. The van der Waals surface area contributed by atoms with Crippen LogP contribution in [0.1, 0.15) is 45.4 Å². The molecule has 0 aromatic carbocycles. The Labute approximate surface area is 58.0 Å². The first-order valence-corrected chi connectivity index (χ1v) is 3.96. The summed E-state index contributed by atoms with van der Waals surface area (Å²) in [6.45, 7) is 2.20. The van der Waals surface area contributed by atoms with Gasteiger partial charge in [0, 0.05) is 0 Å². The van der Waals surface area contributed by atoms with Gasteiger partial charge in [0.05, 0.1) is 0 Å². The molecular formula is C9H15. The Morgan fingerprint density at radius 2 is 1.89 bits per heavy atom. The molecule has 0 unspecified atom stereocenters. The molecule has 0 heteroatoms. The van der Waals surface area contributed by atoms with Crippen LogP contribution in [0, 0.1) is 6.08 Å². The lowest BCUT2D eigenvalue weighted by Gasteiger charge is -2.05. The minimum absolute atomic E-state index is 1.20. The maximum Gasteiger partial charge on any atom is -0.0277 e. The maximum absolute atomic E-state index is 3.40. The van der Waals surface area contributed by atoms with Crippen molar-refractivity contribution in [1.29, 1.82) is 0 Å². The second-order valence-corrected chi connectivity index (χ2v) is 2.87. The minimum Gasteiger partial charge on any atom is -0.0698 e. The first kappa shape index (κ1) is 6.85. The van der Waals surface area contributed by atoms with Gasteiger partial charge in [-0.25, -0.2) is 0 Å². The van der Waals surface area contributed by atoms with Crippen molar-refractivity contribution in [2.45, 2.75) is 45.4 Å². The Kier molecular flexibility index (Phi) is 2.82.